The number of nitrogens with one attached hydrogen (secondary N) is 1. The maximum absolute atomic E-state index is 12.3. The largest absolute Gasteiger partial charge is 0.495 e. The van der Waals surface area contributed by atoms with Crippen LogP contribution in [0.15, 0.2) is 30.5 Å². The Morgan fingerprint density at radius 1 is 1.12 bits per heavy atom. The first-order valence-electron chi connectivity index (χ1n) is 10.8. The second-order valence-electron chi connectivity index (χ2n) is 8.57. The molecule has 1 fully saturated rings. The van der Waals surface area contributed by atoms with Crippen LogP contribution in [0, 0.1) is 5.92 Å². The monoisotopic (exact) mass is 503 g/mol. The molecular formula is C24H27Cl2N5O3. The van der Waals surface area contributed by atoms with Crippen molar-refractivity contribution in [3.63, 3.8) is 0 Å². The number of ether oxygens (including phenoxy) is 2. The molecule has 0 aliphatic heterocycles. The molecule has 0 saturated heterocycles. The quantitative estimate of drug-likeness (QED) is 0.518. The molecule has 4 rings (SSSR count). The number of rotatable bonds is 6. The molecule has 34 heavy (non-hydrogen) atoms. The van der Waals surface area contributed by atoms with Gasteiger partial charge in [-0.3, -0.25) is 4.79 Å². The van der Waals surface area contributed by atoms with E-state index in [4.69, 9.17) is 38.4 Å². The lowest BCUT2D eigenvalue weighted by atomic mass is 10.0. The predicted octanol–water partition coefficient (Wildman–Crippen LogP) is 4.23. The molecule has 0 bridgehead atoms. The first kappa shape index (κ1) is 24.3. The molecule has 10 heteroatoms. The number of amides is 1. The zero-order chi connectivity index (χ0) is 24.6. The Labute approximate surface area is 208 Å². The van der Waals surface area contributed by atoms with Gasteiger partial charge in [0.25, 0.3) is 0 Å². The molecule has 8 nitrogen and oxygen atoms in total. The van der Waals surface area contributed by atoms with Crippen molar-refractivity contribution < 1.29 is 14.3 Å². The van der Waals surface area contributed by atoms with E-state index in [1.54, 1.807) is 31.3 Å². The van der Waals surface area contributed by atoms with E-state index in [0.717, 1.165) is 16.5 Å². The highest BCUT2D eigenvalue weighted by atomic mass is 35.5. The number of nitrogens with zero attached hydrogens (tertiary/aromatic N) is 3. The molecule has 3 N–H and O–H groups in total. The molecule has 0 unspecified atom stereocenters. The van der Waals surface area contributed by atoms with Gasteiger partial charge in [0.15, 0.2) is 0 Å². The summed E-state index contributed by atoms with van der Waals surface area (Å²) in [4.78, 5) is 23.0. The Balaban J connectivity index is 1.61. The standard InChI is InChI=1S/C24H27Cl2N5O3/c1-31(2)23(32)13-8-15(27)17(9-13)30-24-28-11-14-7-12(5-6-16(14)29-24)20-21(25)18(33-3)10-19(34-4)22(20)26/h5-7,10-11,13,15,17H,8-9,27H2,1-4H3,(H,28,29,30)/t13-,15+,17-/m1/s1. The number of nitrogens with two attached hydrogens (primary N) is 1. The Bertz CT molecular complexity index is 1210. The average Bonchev–Trinajstić information content (AvgIpc) is 3.18. The molecule has 0 spiro atoms. The lowest BCUT2D eigenvalue weighted by molar-refractivity contribution is -0.132. The minimum absolute atomic E-state index is 0.0764. The van der Waals surface area contributed by atoms with Gasteiger partial charge in [0, 0.05) is 55.3 Å². The van der Waals surface area contributed by atoms with Gasteiger partial charge in [-0.25, -0.2) is 9.97 Å². The van der Waals surface area contributed by atoms with Crippen LogP contribution >= 0.6 is 23.2 Å². The lowest BCUT2D eigenvalue weighted by Crippen LogP contribution is -2.35. The number of fused-ring (bicyclic) bond motifs is 1. The fraction of sp³-hybridized carbons (Fsp3) is 0.375. The van der Waals surface area contributed by atoms with Crippen LogP contribution in [0.3, 0.4) is 0 Å². The van der Waals surface area contributed by atoms with Crippen LogP contribution in [0.4, 0.5) is 5.95 Å². The van der Waals surface area contributed by atoms with Crippen LogP contribution in [-0.2, 0) is 4.79 Å². The third-order valence-corrected chi connectivity index (χ3v) is 6.91. The smallest absolute Gasteiger partial charge is 0.225 e. The van der Waals surface area contributed by atoms with Gasteiger partial charge in [-0.05, 0) is 30.5 Å². The number of halogens is 2. The summed E-state index contributed by atoms with van der Waals surface area (Å²) < 4.78 is 10.8. The minimum Gasteiger partial charge on any atom is -0.495 e. The Morgan fingerprint density at radius 2 is 1.79 bits per heavy atom. The molecule has 1 aliphatic rings. The summed E-state index contributed by atoms with van der Waals surface area (Å²) in [6.45, 7) is 0. The highest BCUT2D eigenvalue weighted by molar-refractivity contribution is 6.41. The zero-order valence-electron chi connectivity index (χ0n) is 19.4. The van der Waals surface area contributed by atoms with E-state index in [9.17, 15) is 4.79 Å². The number of aromatic nitrogens is 2. The van der Waals surface area contributed by atoms with Crippen LogP contribution in [0.5, 0.6) is 11.5 Å². The van der Waals surface area contributed by atoms with Gasteiger partial charge >= 0.3 is 0 Å². The number of methoxy groups -OCH3 is 2. The molecule has 3 atom stereocenters. The van der Waals surface area contributed by atoms with E-state index >= 15 is 0 Å². The number of carbonyl (C=O) groups is 1. The highest BCUT2D eigenvalue weighted by Gasteiger charge is 2.36. The van der Waals surface area contributed by atoms with Gasteiger partial charge in [-0.2, -0.15) is 0 Å². The van der Waals surface area contributed by atoms with E-state index in [1.165, 1.54) is 14.2 Å². The maximum Gasteiger partial charge on any atom is 0.225 e. The van der Waals surface area contributed by atoms with Gasteiger partial charge in [0.2, 0.25) is 11.9 Å². The minimum atomic E-state index is -0.150. The van der Waals surface area contributed by atoms with Crippen molar-refractivity contribution in [2.24, 2.45) is 11.7 Å². The molecule has 1 aromatic heterocycles. The summed E-state index contributed by atoms with van der Waals surface area (Å²) in [7, 11) is 6.60. The molecule has 2 aromatic carbocycles. The Morgan fingerprint density at radius 3 is 2.41 bits per heavy atom. The van der Waals surface area contributed by atoms with Gasteiger partial charge in [0.05, 0.1) is 29.8 Å². The molecule has 1 heterocycles. The van der Waals surface area contributed by atoms with Gasteiger partial charge < -0.3 is 25.4 Å². The predicted molar refractivity (Wildman–Crippen MR) is 135 cm³/mol. The van der Waals surface area contributed by atoms with Gasteiger partial charge in [-0.1, -0.05) is 29.3 Å². The average molecular weight is 504 g/mol. The molecular weight excluding hydrogens is 477 g/mol. The normalized spacial score (nSPS) is 19.8. The SMILES string of the molecule is COc1cc(OC)c(Cl)c(-c2ccc3nc(N[C@@H]4C[C@H](C(=O)N(C)C)C[C@@H]4N)ncc3c2)c1Cl. The van der Waals surface area contributed by atoms with E-state index in [1.807, 2.05) is 18.2 Å². The fourth-order valence-corrected chi connectivity index (χ4v) is 5.09. The summed E-state index contributed by atoms with van der Waals surface area (Å²) in [5, 5.41) is 4.91. The van der Waals surface area contributed by atoms with E-state index < -0.39 is 0 Å². The van der Waals surface area contributed by atoms with Crippen molar-refractivity contribution in [1.29, 1.82) is 0 Å². The van der Waals surface area contributed by atoms with Crippen molar-refractivity contribution in [1.82, 2.24) is 14.9 Å². The topological polar surface area (TPSA) is 103 Å². The highest BCUT2D eigenvalue weighted by Crippen LogP contribution is 2.46. The summed E-state index contributed by atoms with van der Waals surface area (Å²) in [5.74, 6) is 1.40. The zero-order valence-corrected chi connectivity index (χ0v) is 20.9. The van der Waals surface area contributed by atoms with Crippen LogP contribution in [-0.4, -0.2) is 61.2 Å². The summed E-state index contributed by atoms with van der Waals surface area (Å²) in [6.07, 6.45) is 3.01. The summed E-state index contributed by atoms with van der Waals surface area (Å²) >= 11 is 13.1. The van der Waals surface area contributed by atoms with Gasteiger partial charge in [0.1, 0.15) is 11.5 Å². The molecule has 0 radical (unpaired) electrons. The first-order chi connectivity index (χ1) is 16.2. The van der Waals surface area contributed by atoms with Crippen molar-refractivity contribution >= 4 is 46.0 Å². The molecule has 180 valence electrons. The second-order valence-corrected chi connectivity index (χ2v) is 9.32. The van der Waals surface area contributed by atoms with Gasteiger partial charge in [-0.15, -0.1) is 0 Å². The third-order valence-electron chi connectivity index (χ3n) is 6.16. The van der Waals surface area contributed by atoms with Crippen LogP contribution in [0.25, 0.3) is 22.0 Å². The van der Waals surface area contributed by atoms with Crippen molar-refractivity contribution in [3.05, 3.63) is 40.5 Å². The van der Waals surface area contributed by atoms with E-state index in [0.29, 0.717) is 45.9 Å². The van der Waals surface area contributed by atoms with Crippen LogP contribution < -0.4 is 20.5 Å². The van der Waals surface area contributed by atoms with Crippen molar-refractivity contribution in [2.75, 3.05) is 33.6 Å². The molecule has 3 aromatic rings. The lowest BCUT2D eigenvalue weighted by Gasteiger charge is -2.18. The number of benzene rings is 2. The van der Waals surface area contributed by atoms with Crippen molar-refractivity contribution in [2.45, 2.75) is 24.9 Å². The molecule has 1 saturated carbocycles. The first-order valence-corrected chi connectivity index (χ1v) is 11.6. The van der Waals surface area contributed by atoms with Crippen molar-refractivity contribution in [3.8, 4) is 22.6 Å². The number of hydrogen-bond donors (Lipinski definition) is 2. The number of hydrogen-bond acceptors (Lipinski definition) is 7. The van der Waals surface area contributed by atoms with E-state index in [2.05, 4.69) is 15.3 Å². The third kappa shape index (κ3) is 4.58. The number of carbonyl (C=O) groups excluding carboxylic acids is 1. The number of anilines is 1. The molecule has 1 amide bonds. The Hall–Kier alpha value is -2.81. The summed E-state index contributed by atoms with van der Waals surface area (Å²) in [5.41, 5.74) is 8.43. The van der Waals surface area contributed by atoms with E-state index in [-0.39, 0.29) is 23.9 Å². The maximum atomic E-state index is 12.3. The summed E-state index contributed by atoms with van der Waals surface area (Å²) in [6, 6.07) is 7.11. The van der Waals surface area contributed by atoms with Crippen LogP contribution in [0.2, 0.25) is 10.0 Å². The fourth-order valence-electron chi connectivity index (χ4n) is 4.37. The Kier molecular flexibility index (Phi) is 7.02. The molecule has 1 aliphatic carbocycles. The second kappa shape index (κ2) is 9.82. The van der Waals surface area contributed by atoms with Crippen LogP contribution in [0.1, 0.15) is 12.8 Å².